The molecule has 4 heteroatoms. The first-order chi connectivity index (χ1) is 6.57. The zero-order valence-electron chi connectivity index (χ0n) is 8.52. The summed E-state index contributed by atoms with van der Waals surface area (Å²) in [4.78, 5) is 4.71. The van der Waals surface area contributed by atoms with Crippen LogP contribution in [-0.4, -0.2) is 12.2 Å². The SMILES string of the molecule is CONCc1cc(C)c(C)c(Cl)c1O. The molecule has 0 bridgehead atoms. The van der Waals surface area contributed by atoms with Crippen LogP contribution in [0, 0.1) is 13.8 Å². The molecule has 0 aliphatic heterocycles. The molecule has 0 saturated carbocycles. The summed E-state index contributed by atoms with van der Waals surface area (Å²) in [7, 11) is 1.53. The van der Waals surface area contributed by atoms with Gasteiger partial charge in [-0.3, -0.25) is 0 Å². The van der Waals surface area contributed by atoms with Crippen LogP contribution in [0.15, 0.2) is 6.07 Å². The Balaban J connectivity index is 3.06. The molecule has 2 N–H and O–H groups in total. The van der Waals surface area contributed by atoms with E-state index in [9.17, 15) is 5.11 Å². The van der Waals surface area contributed by atoms with Crippen molar-refractivity contribution in [2.45, 2.75) is 20.4 Å². The molecule has 0 radical (unpaired) electrons. The Morgan fingerprint density at radius 3 is 2.71 bits per heavy atom. The fraction of sp³-hybridized carbons (Fsp3) is 0.400. The molecular weight excluding hydrogens is 202 g/mol. The highest BCUT2D eigenvalue weighted by Crippen LogP contribution is 2.32. The topological polar surface area (TPSA) is 41.5 Å². The minimum absolute atomic E-state index is 0.124. The van der Waals surface area contributed by atoms with Crippen LogP contribution in [0.2, 0.25) is 5.02 Å². The molecule has 0 saturated heterocycles. The summed E-state index contributed by atoms with van der Waals surface area (Å²) >= 11 is 5.95. The van der Waals surface area contributed by atoms with Crippen molar-refractivity contribution < 1.29 is 9.94 Å². The average molecular weight is 216 g/mol. The smallest absolute Gasteiger partial charge is 0.139 e. The van der Waals surface area contributed by atoms with Crippen molar-refractivity contribution >= 4 is 11.6 Å². The van der Waals surface area contributed by atoms with Gasteiger partial charge in [0.05, 0.1) is 12.1 Å². The van der Waals surface area contributed by atoms with E-state index in [1.54, 1.807) is 0 Å². The lowest BCUT2D eigenvalue weighted by Gasteiger charge is -2.11. The summed E-state index contributed by atoms with van der Waals surface area (Å²) in [5.74, 6) is 0.124. The van der Waals surface area contributed by atoms with Gasteiger partial charge in [0, 0.05) is 12.1 Å². The van der Waals surface area contributed by atoms with Gasteiger partial charge < -0.3 is 9.94 Å². The normalized spacial score (nSPS) is 10.6. The first-order valence-electron chi connectivity index (χ1n) is 4.31. The lowest BCUT2D eigenvalue weighted by molar-refractivity contribution is 0.0861. The Labute approximate surface area is 88.6 Å². The van der Waals surface area contributed by atoms with Crippen molar-refractivity contribution in [3.05, 3.63) is 27.8 Å². The number of nitrogens with one attached hydrogen (secondary N) is 1. The molecule has 1 aromatic carbocycles. The quantitative estimate of drug-likeness (QED) is 0.761. The molecule has 0 aromatic heterocycles. The lowest BCUT2D eigenvalue weighted by atomic mass is 10.1. The summed E-state index contributed by atoms with van der Waals surface area (Å²) in [5, 5.41) is 10.1. The zero-order chi connectivity index (χ0) is 10.7. The molecule has 1 aromatic rings. The Morgan fingerprint density at radius 1 is 1.50 bits per heavy atom. The molecule has 0 aliphatic rings. The second kappa shape index (κ2) is 4.64. The second-order valence-electron chi connectivity index (χ2n) is 3.17. The predicted octanol–water partition coefficient (Wildman–Crippen LogP) is 2.31. The number of benzene rings is 1. The summed E-state index contributed by atoms with van der Waals surface area (Å²) in [6, 6.07) is 1.89. The number of hydroxylamine groups is 1. The number of halogens is 1. The third kappa shape index (κ3) is 2.18. The van der Waals surface area contributed by atoms with Gasteiger partial charge in [0.25, 0.3) is 0 Å². The third-order valence-corrected chi connectivity index (χ3v) is 2.69. The van der Waals surface area contributed by atoms with Gasteiger partial charge in [-0.2, -0.15) is 5.48 Å². The first-order valence-corrected chi connectivity index (χ1v) is 4.69. The van der Waals surface area contributed by atoms with Crippen molar-refractivity contribution in [2.75, 3.05) is 7.11 Å². The molecule has 0 atom stereocenters. The zero-order valence-corrected chi connectivity index (χ0v) is 9.27. The van der Waals surface area contributed by atoms with E-state index >= 15 is 0 Å². The van der Waals surface area contributed by atoms with Crippen molar-refractivity contribution in [3.8, 4) is 5.75 Å². The number of phenols is 1. The molecule has 0 heterocycles. The van der Waals surface area contributed by atoms with Gasteiger partial charge in [-0.05, 0) is 25.0 Å². The van der Waals surface area contributed by atoms with Gasteiger partial charge in [0.1, 0.15) is 5.75 Å². The van der Waals surface area contributed by atoms with Crippen molar-refractivity contribution in [1.82, 2.24) is 5.48 Å². The summed E-state index contributed by atoms with van der Waals surface area (Å²) in [6.45, 7) is 4.27. The Kier molecular flexibility index (Phi) is 3.75. The fourth-order valence-corrected chi connectivity index (χ4v) is 1.48. The van der Waals surface area contributed by atoms with Gasteiger partial charge in [0.2, 0.25) is 0 Å². The molecule has 0 spiro atoms. The summed E-state index contributed by atoms with van der Waals surface area (Å²) < 4.78 is 0. The summed E-state index contributed by atoms with van der Waals surface area (Å²) in [6.07, 6.45) is 0. The number of hydrogen-bond acceptors (Lipinski definition) is 3. The fourth-order valence-electron chi connectivity index (χ4n) is 1.21. The van der Waals surface area contributed by atoms with Crippen molar-refractivity contribution in [2.24, 2.45) is 0 Å². The van der Waals surface area contributed by atoms with Gasteiger partial charge in [-0.25, -0.2) is 0 Å². The number of aryl methyl sites for hydroxylation is 1. The van der Waals surface area contributed by atoms with Gasteiger partial charge in [0.15, 0.2) is 0 Å². The molecule has 0 fully saturated rings. The number of rotatable bonds is 3. The molecule has 78 valence electrons. The molecule has 0 aliphatic carbocycles. The Morgan fingerprint density at radius 2 is 2.14 bits per heavy atom. The monoisotopic (exact) mass is 215 g/mol. The molecule has 0 amide bonds. The van der Waals surface area contributed by atoms with E-state index in [1.807, 2.05) is 19.9 Å². The number of aromatic hydroxyl groups is 1. The third-order valence-electron chi connectivity index (χ3n) is 2.23. The average Bonchev–Trinajstić information content (AvgIpc) is 2.18. The highest BCUT2D eigenvalue weighted by molar-refractivity contribution is 6.33. The molecule has 0 unspecified atom stereocenters. The van der Waals surface area contributed by atoms with E-state index in [4.69, 9.17) is 16.4 Å². The Bertz CT molecular complexity index is 339. The van der Waals surface area contributed by atoms with E-state index < -0.39 is 0 Å². The van der Waals surface area contributed by atoms with Crippen LogP contribution in [0.25, 0.3) is 0 Å². The molecule has 14 heavy (non-hydrogen) atoms. The predicted molar refractivity (Wildman–Crippen MR) is 56.4 cm³/mol. The van der Waals surface area contributed by atoms with Crippen LogP contribution in [-0.2, 0) is 11.4 Å². The van der Waals surface area contributed by atoms with Crippen LogP contribution in [0.5, 0.6) is 5.75 Å². The van der Waals surface area contributed by atoms with E-state index in [0.29, 0.717) is 11.6 Å². The Hall–Kier alpha value is -0.770. The lowest BCUT2D eigenvalue weighted by Crippen LogP contribution is -2.11. The van der Waals surface area contributed by atoms with E-state index in [0.717, 1.165) is 16.7 Å². The molecule has 3 nitrogen and oxygen atoms in total. The van der Waals surface area contributed by atoms with Crippen LogP contribution in [0.4, 0.5) is 0 Å². The highest BCUT2D eigenvalue weighted by atomic mass is 35.5. The van der Waals surface area contributed by atoms with Crippen molar-refractivity contribution in [3.63, 3.8) is 0 Å². The minimum atomic E-state index is 0.124. The maximum Gasteiger partial charge on any atom is 0.139 e. The molecular formula is C10H14ClNO2. The maximum absolute atomic E-state index is 9.70. The minimum Gasteiger partial charge on any atom is -0.506 e. The van der Waals surface area contributed by atoms with Gasteiger partial charge >= 0.3 is 0 Å². The highest BCUT2D eigenvalue weighted by Gasteiger charge is 2.10. The second-order valence-corrected chi connectivity index (χ2v) is 3.54. The number of phenolic OH excluding ortho intramolecular Hbond substituents is 1. The van der Waals surface area contributed by atoms with E-state index in [-0.39, 0.29) is 5.75 Å². The van der Waals surface area contributed by atoms with Crippen LogP contribution >= 0.6 is 11.6 Å². The first kappa shape index (κ1) is 11.3. The van der Waals surface area contributed by atoms with Gasteiger partial charge in [-0.15, -0.1) is 0 Å². The number of hydrogen-bond donors (Lipinski definition) is 2. The van der Waals surface area contributed by atoms with Crippen molar-refractivity contribution in [1.29, 1.82) is 0 Å². The van der Waals surface area contributed by atoms with Crippen LogP contribution < -0.4 is 5.48 Å². The van der Waals surface area contributed by atoms with E-state index in [2.05, 4.69) is 5.48 Å². The maximum atomic E-state index is 9.70. The largest absolute Gasteiger partial charge is 0.506 e. The standard InChI is InChI=1S/C10H14ClNO2/c1-6-4-8(5-12-14-3)10(13)9(11)7(6)2/h4,12-13H,5H2,1-3H3. The van der Waals surface area contributed by atoms with Gasteiger partial charge in [-0.1, -0.05) is 17.7 Å². The van der Waals surface area contributed by atoms with Crippen LogP contribution in [0.1, 0.15) is 16.7 Å². The van der Waals surface area contributed by atoms with E-state index in [1.165, 1.54) is 7.11 Å². The summed E-state index contributed by atoms with van der Waals surface area (Å²) in [5.41, 5.74) is 5.36. The molecule has 1 rings (SSSR count). The van der Waals surface area contributed by atoms with Crippen LogP contribution in [0.3, 0.4) is 0 Å².